The van der Waals surface area contributed by atoms with E-state index in [0.717, 1.165) is 0 Å². The van der Waals surface area contributed by atoms with Crippen LogP contribution in [0.4, 0.5) is 0 Å². The van der Waals surface area contributed by atoms with E-state index in [9.17, 15) is 0 Å². The number of rotatable bonds is 2. The van der Waals surface area contributed by atoms with Crippen LogP contribution in [0.25, 0.3) is 108 Å². The summed E-state index contributed by atoms with van der Waals surface area (Å²) in [6, 6.07) is 76.9. The average Bonchev–Trinajstić information content (AvgIpc) is 3.27. The topological polar surface area (TPSA) is 0 Å². The fraction of sp³-hybridized carbons (Fsp3) is 0.0345. The van der Waals surface area contributed by atoms with Crippen molar-refractivity contribution >= 4 is 86.2 Å². The van der Waals surface area contributed by atoms with Gasteiger partial charge in [-0.2, -0.15) is 0 Å². The quantitative estimate of drug-likeness (QED) is 0.155. The van der Waals surface area contributed by atoms with Gasteiger partial charge in [0, 0.05) is 0 Å². The first-order valence-corrected chi connectivity index (χ1v) is 20.3. The predicted octanol–water partition coefficient (Wildman–Crippen LogP) is 16.5. The number of fused-ring (bicyclic) bond motifs is 4. The molecule has 12 aromatic rings. The Morgan fingerprint density at radius 3 is 0.948 bits per heavy atom. The Morgan fingerprint density at radius 2 is 0.552 bits per heavy atom. The molecule has 12 rings (SSSR count). The molecular formula is C58H40. The molecule has 0 aliphatic heterocycles. The van der Waals surface area contributed by atoms with Crippen LogP contribution in [-0.4, -0.2) is 0 Å². The summed E-state index contributed by atoms with van der Waals surface area (Å²) in [5.74, 6) is 0. The van der Waals surface area contributed by atoms with Crippen molar-refractivity contribution in [1.29, 1.82) is 0 Å². The summed E-state index contributed by atoms with van der Waals surface area (Å²) in [4.78, 5) is 0. The van der Waals surface area contributed by atoms with E-state index >= 15 is 0 Å². The molecule has 58 heavy (non-hydrogen) atoms. The van der Waals surface area contributed by atoms with Crippen LogP contribution >= 0.6 is 0 Å². The Hall–Kier alpha value is -7.28. The zero-order valence-electron chi connectivity index (χ0n) is 32.6. The van der Waals surface area contributed by atoms with Crippen molar-refractivity contribution in [2.45, 2.75) is 13.8 Å². The maximum absolute atomic E-state index is 2.40. The van der Waals surface area contributed by atoms with Crippen LogP contribution in [0.5, 0.6) is 0 Å². The lowest BCUT2D eigenvalue weighted by Crippen LogP contribution is -1.87. The predicted molar refractivity (Wildman–Crippen MR) is 253 cm³/mol. The van der Waals surface area contributed by atoms with Gasteiger partial charge < -0.3 is 0 Å². The lowest BCUT2D eigenvalue weighted by Gasteiger charge is -2.15. The molecule has 12 aromatic carbocycles. The largest absolute Gasteiger partial charge is 0.0616 e. The smallest absolute Gasteiger partial charge is 0.00203 e. The molecule has 0 heteroatoms. The number of aryl methyl sites for hydroxylation is 2. The van der Waals surface area contributed by atoms with E-state index in [0.29, 0.717) is 0 Å². The summed E-state index contributed by atoms with van der Waals surface area (Å²) in [6.07, 6.45) is 0. The zero-order chi connectivity index (χ0) is 38.7. The monoisotopic (exact) mass is 736 g/mol. The van der Waals surface area contributed by atoms with Crippen LogP contribution in [-0.2, 0) is 0 Å². The van der Waals surface area contributed by atoms with Crippen molar-refractivity contribution in [2.75, 3.05) is 0 Å². The molecule has 0 nitrogen and oxygen atoms in total. The molecule has 272 valence electrons. The van der Waals surface area contributed by atoms with E-state index in [1.807, 2.05) is 0 Å². The molecule has 0 N–H and O–H groups in total. The minimum atomic E-state index is 1.18. The molecule has 0 heterocycles. The van der Waals surface area contributed by atoms with Gasteiger partial charge in [-0.25, -0.2) is 0 Å². The first-order chi connectivity index (χ1) is 28.6. The Balaban J connectivity index is 1.32. The summed E-state index contributed by atoms with van der Waals surface area (Å²) >= 11 is 0. The van der Waals surface area contributed by atoms with E-state index < -0.39 is 0 Å². The van der Waals surface area contributed by atoms with Crippen molar-refractivity contribution < 1.29 is 0 Å². The van der Waals surface area contributed by atoms with Gasteiger partial charge in [-0.05, 0) is 146 Å². The van der Waals surface area contributed by atoms with Crippen molar-refractivity contribution in [1.82, 2.24) is 0 Å². The zero-order valence-corrected chi connectivity index (χ0v) is 32.6. The highest BCUT2D eigenvalue weighted by Gasteiger charge is 2.14. The summed E-state index contributed by atoms with van der Waals surface area (Å²) < 4.78 is 0. The van der Waals surface area contributed by atoms with Crippen molar-refractivity contribution in [2.24, 2.45) is 0 Å². The Morgan fingerprint density at radius 1 is 0.224 bits per heavy atom. The first-order valence-electron chi connectivity index (χ1n) is 20.3. The second-order valence-corrected chi connectivity index (χ2v) is 15.7. The van der Waals surface area contributed by atoms with Gasteiger partial charge in [-0.3, -0.25) is 0 Å². The normalized spacial score (nSPS) is 11.6. The second kappa shape index (κ2) is 13.7. The van der Waals surface area contributed by atoms with E-state index in [-0.39, 0.29) is 0 Å². The third-order valence-corrected chi connectivity index (χ3v) is 12.4. The highest BCUT2D eigenvalue weighted by atomic mass is 14.2. The van der Waals surface area contributed by atoms with Crippen LogP contribution in [0.2, 0.25) is 0 Å². The van der Waals surface area contributed by atoms with Gasteiger partial charge >= 0.3 is 0 Å². The molecule has 0 unspecified atom stereocenters. The molecule has 0 saturated heterocycles. The summed E-state index contributed by atoms with van der Waals surface area (Å²) in [6.45, 7) is 4.40. The van der Waals surface area contributed by atoms with Crippen LogP contribution in [0.1, 0.15) is 11.1 Å². The van der Waals surface area contributed by atoms with Crippen LogP contribution in [0.15, 0.2) is 206 Å². The van der Waals surface area contributed by atoms with Gasteiger partial charge in [0.2, 0.25) is 0 Å². The maximum Gasteiger partial charge on any atom is -0.00203 e. The van der Waals surface area contributed by atoms with Gasteiger partial charge in [0.15, 0.2) is 0 Å². The van der Waals surface area contributed by atoms with E-state index in [1.165, 1.54) is 120 Å². The van der Waals surface area contributed by atoms with Crippen LogP contribution < -0.4 is 0 Å². The van der Waals surface area contributed by atoms with E-state index in [4.69, 9.17) is 0 Å². The highest BCUT2D eigenvalue weighted by molar-refractivity contribution is 6.34. The lowest BCUT2D eigenvalue weighted by atomic mass is 9.89. The minimum absolute atomic E-state index is 1.18. The Bertz CT molecular complexity index is 3290. The third-order valence-electron chi connectivity index (χ3n) is 12.4. The minimum Gasteiger partial charge on any atom is -0.0616 e. The highest BCUT2D eigenvalue weighted by Crippen LogP contribution is 2.42. The third kappa shape index (κ3) is 5.52. The Labute approximate surface area is 338 Å². The average molecular weight is 737 g/mol. The standard InChI is InChI=1S/C58H40/c1-37-23-31-47(51-17-7-5-15-45(37)51)41-29-33-49-43(35-41)27-25-39-13-3-4-14-40(39)26-28-44-36-42(48-32-24-38(2)46-16-6-8-18-52(46)48)30-34-50(44)58-55-21-11-9-19-53(55)57(49)54-20-10-12-22-56(54)58/h3-36H,1-2H3. The van der Waals surface area contributed by atoms with Gasteiger partial charge in [-0.15, -0.1) is 0 Å². The molecule has 0 amide bonds. The second-order valence-electron chi connectivity index (χ2n) is 15.7. The summed E-state index contributed by atoms with van der Waals surface area (Å²) in [5.41, 5.74) is 7.51. The fourth-order valence-corrected chi connectivity index (χ4v) is 9.48. The molecule has 0 saturated carbocycles. The fourth-order valence-electron chi connectivity index (χ4n) is 9.48. The molecule has 0 aliphatic rings. The van der Waals surface area contributed by atoms with Crippen molar-refractivity contribution in [3.8, 4) is 22.3 Å². The van der Waals surface area contributed by atoms with Crippen LogP contribution in [0, 0.1) is 13.8 Å². The molecule has 0 aromatic heterocycles. The van der Waals surface area contributed by atoms with Gasteiger partial charge in [0.1, 0.15) is 0 Å². The lowest BCUT2D eigenvalue weighted by molar-refractivity contribution is 1.53. The van der Waals surface area contributed by atoms with E-state index in [1.54, 1.807) is 0 Å². The van der Waals surface area contributed by atoms with Crippen LogP contribution in [0.3, 0.4) is 0 Å². The SMILES string of the molecule is Cc1ccc(-c2ccc3c(ccc4ccccc4ccc4cc(-c5ccc(C)c6ccccc56)ccc4c4c5ccccc5c3c3ccccc34)c2)c2ccccc12. The number of benzene rings is 10. The Kier molecular flexibility index (Phi) is 8.05. The molecule has 0 fully saturated rings. The van der Waals surface area contributed by atoms with Crippen molar-refractivity contribution in [3.63, 3.8) is 0 Å². The summed E-state index contributed by atoms with van der Waals surface area (Å²) in [5, 5.41) is 19.9. The molecule has 0 aliphatic carbocycles. The van der Waals surface area contributed by atoms with Gasteiger partial charge in [-0.1, -0.05) is 194 Å². The maximum atomic E-state index is 2.40. The molecule has 2 bridgehead atoms. The van der Waals surface area contributed by atoms with E-state index in [2.05, 4.69) is 220 Å². The van der Waals surface area contributed by atoms with Crippen molar-refractivity contribution in [3.05, 3.63) is 217 Å². The molecular weight excluding hydrogens is 697 g/mol. The molecule has 0 spiro atoms. The summed E-state index contributed by atoms with van der Waals surface area (Å²) in [7, 11) is 0. The first kappa shape index (κ1) is 34.0. The van der Waals surface area contributed by atoms with Gasteiger partial charge in [0.25, 0.3) is 0 Å². The number of hydrogen-bond donors (Lipinski definition) is 0. The number of hydrogen-bond acceptors (Lipinski definition) is 0. The molecule has 0 radical (unpaired) electrons. The van der Waals surface area contributed by atoms with Gasteiger partial charge in [0.05, 0.1) is 0 Å². The molecule has 0 atom stereocenters.